The van der Waals surface area contributed by atoms with Gasteiger partial charge in [0.2, 0.25) is 15.9 Å². The van der Waals surface area contributed by atoms with E-state index in [1.54, 1.807) is 0 Å². The number of alkyl halides is 3. The second kappa shape index (κ2) is 6.93. The zero-order valence-corrected chi connectivity index (χ0v) is 12.6. The summed E-state index contributed by atoms with van der Waals surface area (Å²) in [5.74, 6) is -0.979. The van der Waals surface area contributed by atoms with Gasteiger partial charge in [0, 0.05) is 6.61 Å². The Balaban J connectivity index is 2.62. The van der Waals surface area contributed by atoms with Crippen molar-refractivity contribution in [3.63, 3.8) is 0 Å². The van der Waals surface area contributed by atoms with Gasteiger partial charge in [0.05, 0.1) is 19.2 Å². The van der Waals surface area contributed by atoms with Crippen molar-refractivity contribution in [2.24, 2.45) is 0 Å². The first-order chi connectivity index (χ1) is 9.53. The van der Waals surface area contributed by atoms with Crippen molar-refractivity contribution < 1.29 is 31.1 Å². The van der Waals surface area contributed by atoms with Gasteiger partial charge in [-0.3, -0.25) is 14.4 Å². The summed E-state index contributed by atoms with van der Waals surface area (Å²) in [7, 11) is -2.83. The molecule has 1 fully saturated rings. The molecule has 1 aliphatic rings. The highest BCUT2D eigenvalue weighted by atomic mass is 32.2. The number of hydrogen-bond acceptors (Lipinski definition) is 5. The Morgan fingerprint density at radius 2 is 2.10 bits per heavy atom. The Kier molecular flexibility index (Phi) is 6.00. The first-order valence-corrected chi connectivity index (χ1v) is 7.98. The Hall–Kier alpha value is -0.870. The predicted molar refractivity (Wildman–Crippen MR) is 69.1 cm³/mol. The number of carbonyl (C=O) groups excluding carboxylic acids is 1. The summed E-state index contributed by atoms with van der Waals surface area (Å²) >= 11 is 0. The van der Waals surface area contributed by atoms with Crippen LogP contribution in [-0.4, -0.2) is 63.5 Å². The molecule has 6 nitrogen and oxygen atoms in total. The summed E-state index contributed by atoms with van der Waals surface area (Å²) in [6.07, 6.45) is -3.54. The van der Waals surface area contributed by atoms with Crippen molar-refractivity contribution in [2.75, 3.05) is 26.8 Å². The van der Waals surface area contributed by atoms with Crippen molar-refractivity contribution in [3.8, 4) is 0 Å². The summed E-state index contributed by atoms with van der Waals surface area (Å²) in [4.78, 5) is 12.5. The van der Waals surface area contributed by atoms with Crippen LogP contribution >= 0.6 is 0 Å². The van der Waals surface area contributed by atoms with Gasteiger partial charge in [-0.05, 0) is 26.8 Å². The zero-order chi connectivity index (χ0) is 16.3. The van der Waals surface area contributed by atoms with Gasteiger partial charge in [0.1, 0.15) is 5.25 Å². The van der Waals surface area contributed by atoms with Crippen LogP contribution in [0.4, 0.5) is 13.2 Å². The van der Waals surface area contributed by atoms with Gasteiger partial charge in [-0.15, -0.1) is 0 Å². The summed E-state index contributed by atoms with van der Waals surface area (Å²) in [5, 5.41) is -0.852. The van der Waals surface area contributed by atoms with Gasteiger partial charge < -0.3 is 4.74 Å². The van der Waals surface area contributed by atoms with Crippen LogP contribution in [0.1, 0.15) is 19.8 Å². The molecule has 0 aromatic rings. The lowest BCUT2D eigenvalue weighted by Crippen LogP contribution is -2.50. The number of ether oxygens (including phenoxy) is 1. The van der Waals surface area contributed by atoms with Gasteiger partial charge >= 0.3 is 6.18 Å². The fraction of sp³-hybridized carbons (Fsp3) is 0.909. The lowest BCUT2D eigenvalue weighted by atomic mass is 10.2. The van der Waals surface area contributed by atoms with E-state index in [2.05, 4.69) is 0 Å². The van der Waals surface area contributed by atoms with E-state index < -0.39 is 39.9 Å². The fourth-order valence-corrected chi connectivity index (χ4v) is 3.25. The molecule has 0 aromatic heterocycles. The first-order valence-electron chi connectivity index (χ1n) is 6.43. The van der Waals surface area contributed by atoms with Gasteiger partial charge in [-0.25, -0.2) is 8.42 Å². The standard InChI is InChI=1S/C11H19F3N2O4S/c1-8(16(2)7-11(12,13)14)10(17)15-21(18,19)9-4-3-5-20-6-9/h8-9H,3-7H2,1-2H3,(H,15,17)/t8-,9+/m0/s1. The van der Waals surface area contributed by atoms with Gasteiger partial charge in [-0.1, -0.05) is 0 Å². The third-order valence-electron chi connectivity index (χ3n) is 3.27. The molecule has 1 aliphatic heterocycles. The number of nitrogens with one attached hydrogen (secondary N) is 1. The molecule has 124 valence electrons. The van der Waals surface area contributed by atoms with Crippen LogP contribution in [-0.2, 0) is 19.6 Å². The molecule has 2 atom stereocenters. The van der Waals surface area contributed by atoms with Crippen molar-refractivity contribution in [3.05, 3.63) is 0 Å². The van der Waals surface area contributed by atoms with Crippen molar-refractivity contribution in [2.45, 2.75) is 37.2 Å². The molecule has 0 aromatic carbocycles. The number of carbonyl (C=O) groups is 1. The van der Waals surface area contributed by atoms with Crippen LogP contribution in [0.2, 0.25) is 0 Å². The summed E-state index contributed by atoms with van der Waals surface area (Å²) < 4.78 is 67.5. The second-order valence-corrected chi connectivity index (χ2v) is 7.02. The van der Waals surface area contributed by atoms with Gasteiger partial charge in [-0.2, -0.15) is 13.2 Å². The van der Waals surface area contributed by atoms with Crippen molar-refractivity contribution in [1.29, 1.82) is 0 Å². The summed E-state index contributed by atoms with van der Waals surface area (Å²) in [6, 6.07) is -1.22. The topological polar surface area (TPSA) is 75.7 Å². The molecule has 0 bridgehead atoms. The van der Waals surface area contributed by atoms with E-state index in [0.717, 1.165) is 11.9 Å². The molecule has 0 unspecified atom stereocenters. The maximum absolute atomic E-state index is 12.3. The molecule has 0 spiro atoms. The number of hydrogen-bond donors (Lipinski definition) is 1. The largest absolute Gasteiger partial charge is 0.401 e. The fourth-order valence-electron chi connectivity index (χ4n) is 1.88. The average Bonchev–Trinajstić information content (AvgIpc) is 2.36. The molecule has 1 N–H and O–H groups in total. The molecular formula is C11H19F3N2O4S. The maximum Gasteiger partial charge on any atom is 0.401 e. The molecule has 10 heteroatoms. The van der Waals surface area contributed by atoms with E-state index in [0.29, 0.717) is 19.4 Å². The van der Waals surface area contributed by atoms with Crippen LogP contribution in [0.15, 0.2) is 0 Å². The quantitative estimate of drug-likeness (QED) is 0.793. The van der Waals surface area contributed by atoms with Crippen LogP contribution in [0.25, 0.3) is 0 Å². The summed E-state index contributed by atoms with van der Waals surface area (Å²) in [5.41, 5.74) is 0. The lowest BCUT2D eigenvalue weighted by Gasteiger charge is -2.26. The number of halogens is 3. The normalized spacial score (nSPS) is 22.1. The Morgan fingerprint density at radius 3 is 2.57 bits per heavy atom. The number of nitrogens with zero attached hydrogens (tertiary/aromatic N) is 1. The second-order valence-electron chi connectivity index (χ2n) is 5.06. The molecular weight excluding hydrogens is 313 g/mol. The highest BCUT2D eigenvalue weighted by Crippen LogP contribution is 2.17. The minimum absolute atomic E-state index is 0.0185. The third kappa shape index (κ3) is 5.79. The van der Waals surface area contributed by atoms with Gasteiger partial charge in [0.25, 0.3) is 0 Å². The zero-order valence-electron chi connectivity index (χ0n) is 11.8. The number of rotatable bonds is 5. The van der Waals surface area contributed by atoms with E-state index in [1.807, 2.05) is 4.72 Å². The van der Waals surface area contributed by atoms with E-state index >= 15 is 0 Å². The average molecular weight is 332 g/mol. The minimum Gasteiger partial charge on any atom is -0.380 e. The minimum atomic E-state index is -4.46. The van der Waals surface area contributed by atoms with E-state index in [1.165, 1.54) is 6.92 Å². The van der Waals surface area contributed by atoms with E-state index in [-0.39, 0.29) is 6.61 Å². The SMILES string of the molecule is C[C@@H](C(=O)NS(=O)(=O)[C@@H]1CCCOC1)N(C)CC(F)(F)F. The molecule has 1 heterocycles. The predicted octanol–water partition coefficient (Wildman–Crippen LogP) is 0.494. The smallest absolute Gasteiger partial charge is 0.380 e. The number of likely N-dealkylation sites (N-methyl/N-ethyl adjacent to an activating group) is 1. The molecule has 0 aliphatic carbocycles. The van der Waals surface area contributed by atoms with Crippen LogP contribution in [0, 0.1) is 0 Å². The van der Waals surface area contributed by atoms with E-state index in [4.69, 9.17) is 4.74 Å². The van der Waals surface area contributed by atoms with Crippen LogP contribution in [0.5, 0.6) is 0 Å². The van der Waals surface area contributed by atoms with Gasteiger partial charge in [0.15, 0.2) is 0 Å². The Bertz CT molecular complexity index is 461. The van der Waals surface area contributed by atoms with E-state index in [9.17, 15) is 26.4 Å². The van der Waals surface area contributed by atoms with Crippen molar-refractivity contribution in [1.82, 2.24) is 9.62 Å². The third-order valence-corrected chi connectivity index (χ3v) is 5.00. The maximum atomic E-state index is 12.3. The number of sulfonamides is 1. The van der Waals surface area contributed by atoms with Crippen LogP contribution < -0.4 is 4.72 Å². The first kappa shape index (κ1) is 18.2. The monoisotopic (exact) mass is 332 g/mol. The number of amides is 1. The highest BCUT2D eigenvalue weighted by molar-refractivity contribution is 7.90. The molecule has 0 saturated carbocycles. The molecule has 21 heavy (non-hydrogen) atoms. The Labute approximate surface area is 121 Å². The highest BCUT2D eigenvalue weighted by Gasteiger charge is 2.35. The van der Waals surface area contributed by atoms with Crippen LogP contribution in [0.3, 0.4) is 0 Å². The molecule has 0 radical (unpaired) electrons. The van der Waals surface area contributed by atoms with Crippen molar-refractivity contribution >= 4 is 15.9 Å². The summed E-state index contributed by atoms with van der Waals surface area (Å²) in [6.45, 7) is 0.363. The lowest BCUT2D eigenvalue weighted by molar-refractivity contribution is -0.150. The molecule has 1 amide bonds. The molecule has 1 rings (SSSR count). The molecule has 1 saturated heterocycles. The Morgan fingerprint density at radius 1 is 1.48 bits per heavy atom.